The van der Waals surface area contributed by atoms with E-state index in [1.54, 1.807) is 0 Å². The average Bonchev–Trinajstić information content (AvgIpc) is 3.13. The zero-order valence-electron chi connectivity index (χ0n) is 14.6. The number of hydrogen-bond acceptors (Lipinski definition) is 4. The molecule has 0 unspecified atom stereocenters. The number of allylic oxidation sites excluding steroid dienone is 1. The second-order valence-electron chi connectivity index (χ2n) is 7.47. The number of ether oxygens (including phenoxy) is 2. The maximum absolute atomic E-state index is 13.2. The molecule has 1 amide bonds. The molecule has 134 valence electrons. The van der Waals surface area contributed by atoms with Gasteiger partial charge in [0.25, 0.3) is 0 Å². The minimum Gasteiger partial charge on any atom is -0.396 e. The van der Waals surface area contributed by atoms with Crippen molar-refractivity contribution < 1.29 is 19.4 Å². The molecule has 2 fully saturated rings. The quantitative estimate of drug-likeness (QED) is 0.912. The monoisotopic (exact) mass is 343 g/mol. The molecule has 25 heavy (non-hydrogen) atoms. The molecular formula is C20H25NO4. The van der Waals surface area contributed by atoms with Gasteiger partial charge in [-0.15, -0.1) is 0 Å². The second-order valence-corrected chi connectivity index (χ2v) is 7.47. The van der Waals surface area contributed by atoms with Crippen LogP contribution in [0.5, 0.6) is 0 Å². The molecule has 5 heteroatoms. The number of rotatable bonds is 4. The van der Waals surface area contributed by atoms with Gasteiger partial charge in [-0.1, -0.05) is 43.3 Å². The highest BCUT2D eigenvalue weighted by atomic mass is 16.7. The number of benzene rings is 1. The van der Waals surface area contributed by atoms with Gasteiger partial charge in [0.2, 0.25) is 5.91 Å². The number of nitrogens with zero attached hydrogens (tertiary/aromatic N) is 1. The molecule has 3 aliphatic rings. The number of carbonyl (C=O) groups is 1. The van der Waals surface area contributed by atoms with Crippen LogP contribution in [0.3, 0.4) is 0 Å². The number of amides is 1. The largest absolute Gasteiger partial charge is 0.396 e. The van der Waals surface area contributed by atoms with Gasteiger partial charge in [-0.25, -0.2) is 0 Å². The topological polar surface area (TPSA) is 59.0 Å². The average molecular weight is 343 g/mol. The molecule has 0 radical (unpaired) electrons. The van der Waals surface area contributed by atoms with Gasteiger partial charge in [-0.05, 0) is 12.0 Å². The minimum absolute atomic E-state index is 0.00711. The third kappa shape index (κ3) is 2.71. The van der Waals surface area contributed by atoms with E-state index in [0.29, 0.717) is 39.0 Å². The molecule has 1 spiro atoms. The summed E-state index contributed by atoms with van der Waals surface area (Å²) in [6.45, 7) is 3.90. The van der Waals surface area contributed by atoms with Crippen LogP contribution in [0.2, 0.25) is 0 Å². The highest BCUT2D eigenvalue weighted by Crippen LogP contribution is 2.56. The van der Waals surface area contributed by atoms with Crippen LogP contribution in [0.1, 0.15) is 31.7 Å². The molecule has 2 heterocycles. The molecule has 1 N–H and O–H groups in total. The van der Waals surface area contributed by atoms with Gasteiger partial charge >= 0.3 is 0 Å². The van der Waals surface area contributed by atoms with Crippen molar-refractivity contribution >= 4 is 5.91 Å². The summed E-state index contributed by atoms with van der Waals surface area (Å²) in [5.74, 6) is -0.742. The number of carbonyl (C=O) groups excluding carboxylic acids is 1. The zero-order valence-corrected chi connectivity index (χ0v) is 14.6. The summed E-state index contributed by atoms with van der Waals surface area (Å²) in [5.41, 5.74) is 1.80. The first kappa shape index (κ1) is 16.8. The maximum Gasteiger partial charge on any atom is 0.231 e. The molecule has 0 saturated carbocycles. The standard InChI is InChI=1S/C20H25NO4/c1-19-14-20(24-11-12-25-20)9-7-17(19)21(18(23)16(19)8-10-22)13-15-5-3-2-4-6-15/h2-7,16,22H,8-14H2,1H3/t16-,19+/m0/s1. The lowest BCUT2D eigenvalue weighted by Crippen LogP contribution is -2.43. The van der Waals surface area contributed by atoms with E-state index in [0.717, 1.165) is 11.3 Å². The summed E-state index contributed by atoms with van der Waals surface area (Å²) in [7, 11) is 0. The number of aliphatic hydroxyl groups is 1. The Hall–Kier alpha value is -1.69. The van der Waals surface area contributed by atoms with Crippen molar-refractivity contribution in [1.29, 1.82) is 0 Å². The van der Waals surface area contributed by atoms with Gasteiger partial charge in [0.05, 0.1) is 25.7 Å². The molecule has 2 atom stereocenters. The molecule has 1 aliphatic carbocycles. The number of hydrogen-bond donors (Lipinski definition) is 1. The van der Waals surface area contributed by atoms with Crippen LogP contribution < -0.4 is 0 Å². The van der Waals surface area contributed by atoms with E-state index in [2.05, 4.69) is 13.0 Å². The third-order valence-electron chi connectivity index (χ3n) is 5.87. The smallest absolute Gasteiger partial charge is 0.231 e. The second kappa shape index (κ2) is 6.24. The van der Waals surface area contributed by atoms with Crippen molar-refractivity contribution in [2.75, 3.05) is 19.8 Å². The van der Waals surface area contributed by atoms with Crippen molar-refractivity contribution in [2.45, 2.75) is 38.5 Å². The molecular weight excluding hydrogens is 318 g/mol. The predicted molar refractivity (Wildman–Crippen MR) is 92.2 cm³/mol. The minimum atomic E-state index is -0.602. The molecule has 2 saturated heterocycles. The van der Waals surface area contributed by atoms with E-state index in [1.807, 2.05) is 35.2 Å². The first-order chi connectivity index (χ1) is 12.1. The summed E-state index contributed by atoms with van der Waals surface area (Å²) in [6, 6.07) is 10.0. The lowest BCUT2D eigenvalue weighted by Gasteiger charge is -2.42. The van der Waals surface area contributed by atoms with Crippen LogP contribution in [0.15, 0.2) is 42.1 Å². The van der Waals surface area contributed by atoms with E-state index in [9.17, 15) is 9.90 Å². The Morgan fingerprint density at radius 3 is 2.64 bits per heavy atom. The first-order valence-corrected chi connectivity index (χ1v) is 9.03. The summed E-state index contributed by atoms with van der Waals surface area (Å²) < 4.78 is 11.8. The van der Waals surface area contributed by atoms with Gasteiger partial charge in [-0.2, -0.15) is 0 Å². The van der Waals surface area contributed by atoms with Gasteiger partial charge in [0.15, 0.2) is 5.79 Å². The van der Waals surface area contributed by atoms with E-state index >= 15 is 0 Å². The van der Waals surface area contributed by atoms with Crippen molar-refractivity contribution in [3.63, 3.8) is 0 Å². The van der Waals surface area contributed by atoms with Gasteiger partial charge < -0.3 is 19.5 Å². The lowest BCUT2D eigenvalue weighted by atomic mass is 9.68. The van der Waals surface area contributed by atoms with Crippen molar-refractivity contribution in [3.05, 3.63) is 47.7 Å². The van der Waals surface area contributed by atoms with Crippen molar-refractivity contribution in [3.8, 4) is 0 Å². The molecule has 0 bridgehead atoms. The Morgan fingerprint density at radius 1 is 1.24 bits per heavy atom. The van der Waals surface area contributed by atoms with Gasteiger partial charge in [0.1, 0.15) is 0 Å². The predicted octanol–water partition coefficient (Wildman–Crippen LogP) is 2.45. The Balaban J connectivity index is 1.69. The zero-order chi connectivity index (χ0) is 17.5. The van der Waals surface area contributed by atoms with Gasteiger partial charge in [0, 0.05) is 30.6 Å². The van der Waals surface area contributed by atoms with Crippen molar-refractivity contribution in [2.24, 2.45) is 11.3 Å². The Bertz CT molecular complexity index is 680. The molecule has 1 aromatic carbocycles. The summed E-state index contributed by atoms with van der Waals surface area (Å²) in [4.78, 5) is 15.1. The number of aliphatic hydroxyl groups excluding tert-OH is 1. The number of likely N-dealkylation sites (tertiary alicyclic amines) is 1. The highest BCUT2D eigenvalue weighted by Gasteiger charge is 2.59. The van der Waals surface area contributed by atoms with E-state index in [1.165, 1.54) is 0 Å². The fourth-order valence-electron chi connectivity index (χ4n) is 4.72. The van der Waals surface area contributed by atoms with Crippen LogP contribution in [0, 0.1) is 11.3 Å². The van der Waals surface area contributed by atoms with Crippen LogP contribution in [-0.4, -0.2) is 41.5 Å². The van der Waals surface area contributed by atoms with E-state index < -0.39 is 5.79 Å². The van der Waals surface area contributed by atoms with Gasteiger partial charge in [-0.3, -0.25) is 4.79 Å². The molecule has 1 aromatic rings. The SMILES string of the molecule is C[C@]12CC3(CC=C1N(Cc1ccccc1)C(=O)[C@@H]2CCO)OCCO3. The molecule has 4 rings (SSSR count). The number of fused-ring (bicyclic) bond motifs is 1. The normalized spacial score (nSPS) is 30.6. The first-order valence-electron chi connectivity index (χ1n) is 9.03. The van der Waals surface area contributed by atoms with E-state index in [-0.39, 0.29) is 23.8 Å². The molecule has 5 nitrogen and oxygen atoms in total. The Labute approximate surface area is 148 Å². The van der Waals surface area contributed by atoms with Crippen LogP contribution in [-0.2, 0) is 20.8 Å². The Morgan fingerprint density at radius 2 is 1.96 bits per heavy atom. The van der Waals surface area contributed by atoms with E-state index in [4.69, 9.17) is 9.47 Å². The highest BCUT2D eigenvalue weighted by molar-refractivity contribution is 5.86. The maximum atomic E-state index is 13.2. The van der Waals surface area contributed by atoms with Crippen LogP contribution >= 0.6 is 0 Å². The van der Waals surface area contributed by atoms with Crippen LogP contribution in [0.25, 0.3) is 0 Å². The lowest BCUT2D eigenvalue weighted by molar-refractivity contribution is -0.182. The summed E-state index contributed by atoms with van der Waals surface area (Å²) >= 11 is 0. The fraction of sp³-hybridized carbons (Fsp3) is 0.550. The summed E-state index contributed by atoms with van der Waals surface area (Å²) in [6.07, 6.45) is 3.91. The van der Waals surface area contributed by atoms with Crippen LogP contribution in [0.4, 0.5) is 0 Å². The summed E-state index contributed by atoms with van der Waals surface area (Å²) in [5, 5.41) is 9.53. The third-order valence-corrected chi connectivity index (χ3v) is 5.87. The van der Waals surface area contributed by atoms with Crippen molar-refractivity contribution in [1.82, 2.24) is 4.90 Å². The Kier molecular flexibility index (Phi) is 4.18. The molecule has 2 aliphatic heterocycles. The fourth-order valence-corrected chi connectivity index (χ4v) is 4.72. The molecule has 0 aromatic heterocycles.